The van der Waals surface area contributed by atoms with Gasteiger partial charge in [-0.2, -0.15) is 0 Å². The van der Waals surface area contributed by atoms with Gasteiger partial charge in [-0.05, 0) is 50.7 Å². The van der Waals surface area contributed by atoms with Crippen LogP contribution >= 0.6 is 11.6 Å². The summed E-state index contributed by atoms with van der Waals surface area (Å²) in [7, 11) is 3.60. The van der Waals surface area contributed by atoms with Crippen LogP contribution in [0.25, 0.3) is 0 Å². The molecule has 0 heterocycles. The van der Waals surface area contributed by atoms with Gasteiger partial charge in [-0.15, -0.1) is 0 Å². The summed E-state index contributed by atoms with van der Waals surface area (Å²) < 4.78 is 11.4. The molecule has 0 amide bonds. The summed E-state index contributed by atoms with van der Waals surface area (Å²) in [6, 6.07) is 12.0. The summed E-state index contributed by atoms with van der Waals surface area (Å²) in [6.07, 6.45) is 1.07. The Morgan fingerprint density at radius 3 is 2.64 bits per heavy atom. The number of methoxy groups -OCH3 is 1. The van der Waals surface area contributed by atoms with Crippen molar-refractivity contribution in [2.45, 2.75) is 26.5 Å². The number of benzene rings is 2. The van der Waals surface area contributed by atoms with Crippen molar-refractivity contribution in [1.29, 1.82) is 0 Å². The maximum Gasteiger partial charge on any atom is 0.163 e. The van der Waals surface area contributed by atoms with E-state index in [1.54, 1.807) is 7.11 Å². The molecule has 0 aromatic heterocycles. The minimum absolute atomic E-state index is 0.482. The lowest BCUT2D eigenvalue weighted by atomic mass is 10.1. The van der Waals surface area contributed by atoms with Crippen molar-refractivity contribution in [2.75, 3.05) is 27.2 Å². The summed E-state index contributed by atoms with van der Waals surface area (Å²) in [5, 5.41) is 7.20. The van der Waals surface area contributed by atoms with Crippen LogP contribution in [0.15, 0.2) is 36.4 Å². The van der Waals surface area contributed by atoms with Crippen molar-refractivity contribution in [3.63, 3.8) is 0 Å². The molecule has 2 rings (SSSR count). The van der Waals surface area contributed by atoms with E-state index in [9.17, 15) is 0 Å². The predicted molar refractivity (Wildman–Crippen MR) is 104 cm³/mol. The number of hydrogen-bond donors (Lipinski definition) is 2. The maximum atomic E-state index is 6.42. The summed E-state index contributed by atoms with van der Waals surface area (Å²) in [5.41, 5.74) is 3.34. The van der Waals surface area contributed by atoms with Gasteiger partial charge in [0.25, 0.3) is 0 Å². The fourth-order valence-corrected chi connectivity index (χ4v) is 2.78. The van der Waals surface area contributed by atoms with E-state index >= 15 is 0 Å². The van der Waals surface area contributed by atoms with E-state index in [0.717, 1.165) is 30.6 Å². The molecule has 2 N–H and O–H groups in total. The molecular weight excluding hydrogens is 336 g/mol. The van der Waals surface area contributed by atoms with Gasteiger partial charge in [0.15, 0.2) is 11.5 Å². The molecule has 0 aliphatic carbocycles. The van der Waals surface area contributed by atoms with E-state index in [1.165, 1.54) is 5.56 Å². The summed E-state index contributed by atoms with van der Waals surface area (Å²) in [6.45, 7) is 5.19. The Morgan fingerprint density at radius 2 is 1.92 bits per heavy atom. The zero-order valence-electron chi connectivity index (χ0n) is 15.2. The maximum absolute atomic E-state index is 6.42. The molecule has 25 heavy (non-hydrogen) atoms. The van der Waals surface area contributed by atoms with Crippen LogP contribution in [0.3, 0.4) is 0 Å². The lowest BCUT2D eigenvalue weighted by Gasteiger charge is -2.14. The molecule has 0 fully saturated rings. The van der Waals surface area contributed by atoms with Crippen molar-refractivity contribution in [3.8, 4) is 11.5 Å². The van der Waals surface area contributed by atoms with Gasteiger partial charge in [0.05, 0.1) is 7.11 Å². The highest BCUT2D eigenvalue weighted by molar-refractivity contribution is 6.31. The first-order chi connectivity index (χ1) is 12.1. The van der Waals surface area contributed by atoms with Crippen LogP contribution < -0.4 is 20.1 Å². The minimum Gasteiger partial charge on any atom is -0.493 e. The van der Waals surface area contributed by atoms with E-state index < -0.39 is 0 Å². The average molecular weight is 363 g/mol. The van der Waals surface area contributed by atoms with Crippen LogP contribution in [0, 0.1) is 6.92 Å². The third kappa shape index (κ3) is 6.24. The lowest BCUT2D eigenvalue weighted by molar-refractivity contribution is 0.284. The van der Waals surface area contributed by atoms with Crippen LogP contribution in [0.1, 0.15) is 23.1 Å². The highest BCUT2D eigenvalue weighted by atomic mass is 35.5. The topological polar surface area (TPSA) is 42.5 Å². The zero-order chi connectivity index (χ0) is 18.1. The standard InChI is InChI=1S/C20H27ClN2O2/c1-15-6-4-7-16(10-15)14-25-20-12-18(21)17(11-19(20)24-3)13-23-9-5-8-22-2/h4,6-7,10-12,22-23H,5,8-9,13-14H2,1-3H3. The number of halogens is 1. The van der Waals surface area contributed by atoms with Crippen molar-refractivity contribution in [1.82, 2.24) is 10.6 Å². The van der Waals surface area contributed by atoms with Crippen LogP contribution in [-0.2, 0) is 13.2 Å². The van der Waals surface area contributed by atoms with Gasteiger partial charge in [0.2, 0.25) is 0 Å². The second kappa shape index (κ2) is 10.3. The first-order valence-electron chi connectivity index (χ1n) is 8.54. The monoisotopic (exact) mass is 362 g/mol. The Hall–Kier alpha value is -1.75. The molecule has 0 aliphatic rings. The van der Waals surface area contributed by atoms with Gasteiger partial charge in [-0.3, -0.25) is 0 Å². The Bertz CT molecular complexity index is 677. The smallest absolute Gasteiger partial charge is 0.163 e. The Morgan fingerprint density at radius 1 is 1.08 bits per heavy atom. The predicted octanol–water partition coefficient (Wildman–Crippen LogP) is 3.94. The summed E-state index contributed by atoms with van der Waals surface area (Å²) >= 11 is 6.42. The number of hydrogen-bond acceptors (Lipinski definition) is 4. The third-order valence-electron chi connectivity index (χ3n) is 3.91. The molecule has 0 aliphatic heterocycles. The Kier molecular flexibility index (Phi) is 8.06. The number of nitrogens with one attached hydrogen (secondary N) is 2. The molecule has 136 valence electrons. The van der Waals surface area contributed by atoms with E-state index in [4.69, 9.17) is 21.1 Å². The van der Waals surface area contributed by atoms with E-state index in [-0.39, 0.29) is 0 Å². The zero-order valence-corrected chi connectivity index (χ0v) is 16.0. The van der Waals surface area contributed by atoms with Crippen molar-refractivity contribution in [2.24, 2.45) is 0 Å². The molecule has 0 unspecified atom stereocenters. The van der Waals surface area contributed by atoms with E-state index in [0.29, 0.717) is 29.7 Å². The van der Waals surface area contributed by atoms with Gasteiger partial charge >= 0.3 is 0 Å². The molecule has 0 atom stereocenters. The van der Waals surface area contributed by atoms with Crippen LogP contribution in [0.2, 0.25) is 5.02 Å². The third-order valence-corrected chi connectivity index (χ3v) is 4.26. The molecule has 5 heteroatoms. The first-order valence-corrected chi connectivity index (χ1v) is 8.92. The molecule has 0 spiro atoms. The number of rotatable bonds is 10. The second-order valence-electron chi connectivity index (χ2n) is 6.01. The van der Waals surface area contributed by atoms with Gasteiger partial charge < -0.3 is 20.1 Å². The van der Waals surface area contributed by atoms with Gasteiger partial charge in [-0.1, -0.05) is 41.4 Å². The van der Waals surface area contributed by atoms with E-state index in [1.807, 2.05) is 31.3 Å². The van der Waals surface area contributed by atoms with Gasteiger partial charge in [0, 0.05) is 17.6 Å². The van der Waals surface area contributed by atoms with Crippen LogP contribution in [0.5, 0.6) is 11.5 Å². The Balaban J connectivity index is 2.00. The van der Waals surface area contributed by atoms with Crippen LogP contribution in [-0.4, -0.2) is 27.2 Å². The molecule has 0 radical (unpaired) electrons. The first kappa shape index (κ1) is 19.6. The van der Waals surface area contributed by atoms with Gasteiger partial charge in [-0.25, -0.2) is 0 Å². The van der Waals surface area contributed by atoms with Crippen molar-refractivity contribution in [3.05, 3.63) is 58.1 Å². The molecular formula is C20H27ClN2O2. The fourth-order valence-electron chi connectivity index (χ4n) is 2.56. The van der Waals surface area contributed by atoms with E-state index in [2.05, 4.69) is 29.7 Å². The molecule has 0 bridgehead atoms. The van der Waals surface area contributed by atoms with Crippen molar-refractivity contribution >= 4 is 11.6 Å². The molecule has 2 aromatic carbocycles. The van der Waals surface area contributed by atoms with Gasteiger partial charge in [0.1, 0.15) is 6.61 Å². The molecule has 2 aromatic rings. The molecule has 0 saturated heterocycles. The largest absolute Gasteiger partial charge is 0.493 e. The molecule has 4 nitrogen and oxygen atoms in total. The lowest BCUT2D eigenvalue weighted by Crippen LogP contribution is -2.19. The average Bonchev–Trinajstić information content (AvgIpc) is 2.61. The minimum atomic E-state index is 0.482. The molecule has 0 saturated carbocycles. The Labute approximate surface area is 155 Å². The van der Waals surface area contributed by atoms with Crippen LogP contribution in [0.4, 0.5) is 0 Å². The number of aryl methyl sites for hydroxylation is 1. The highest BCUT2D eigenvalue weighted by Crippen LogP contribution is 2.34. The summed E-state index contributed by atoms with van der Waals surface area (Å²) in [5.74, 6) is 1.36. The normalized spacial score (nSPS) is 10.7. The fraction of sp³-hybridized carbons (Fsp3) is 0.400. The van der Waals surface area contributed by atoms with Crippen molar-refractivity contribution < 1.29 is 9.47 Å². The quantitative estimate of drug-likeness (QED) is 0.628. The highest BCUT2D eigenvalue weighted by Gasteiger charge is 2.11. The second-order valence-corrected chi connectivity index (χ2v) is 6.41. The summed E-state index contributed by atoms with van der Waals surface area (Å²) in [4.78, 5) is 0. The SMILES string of the molecule is CNCCCNCc1cc(OC)c(OCc2cccc(C)c2)cc1Cl. The number of ether oxygens (including phenoxy) is 2.